The molecule has 0 aromatic heterocycles. The Morgan fingerprint density at radius 1 is 1.12 bits per heavy atom. The number of hydrogen-bond donors (Lipinski definition) is 1. The highest BCUT2D eigenvalue weighted by atomic mass is 35.5. The van der Waals surface area contributed by atoms with Crippen LogP contribution in [0.5, 0.6) is 5.75 Å². The summed E-state index contributed by atoms with van der Waals surface area (Å²) in [6.07, 6.45) is 1.44. The van der Waals surface area contributed by atoms with Crippen LogP contribution in [-0.2, 0) is 26.0 Å². The number of hydrogen-bond acceptors (Lipinski definition) is 5. The van der Waals surface area contributed by atoms with Crippen LogP contribution in [0.15, 0.2) is 41.3 Å². The molecule has 0 unspecified atom stereocenters. The van der Waals surface area contributed by atoms with Crippen LogP contribution in [0.3, 0.4) is 0 Å². The quantitative estimate of drug-likeness (QED) is 0.668. The van der Waals surface area contributed by atoms with Crippen molar-refractivity contribution in [3.8, 4) is 5.75 Å². The van der Waals surface area contributed by atoms with Gasteiger partial charge in [0.15, 0.2) is 0 Å². The number of piperidine rings is 1. The molecule has 2 amide bonds. The molecule has 2 aromatic rings. The van der Waals surface area contributed by atoms with E-state index in [-0.39, 0.29) is 41.8 Å². The number of carbonyl (C=O) groups is 2. The van der Waals surface area contributed by atoms with Crippen molar-refractivity contribution in [1.29, 1.82) is 0 Å². The molecular formula is C24H28ClN3O5S. The number of ether oxygens (including phenoxy) is 1. The summed E-state index contributed by atoms with van der Waals surface area (Å²) in [4.78, 5) is 26.7. The van der Waals surface area contributed by atoms with Crippen LogP contribution < -0.4 is 15.0 Å². The third-order valence-electron chi connectivity index (χ3n) is 6.49. The Morgan fingerprint density at radius 3 is 2.47 bits per heavy atom. The third kappa shape index (κ3) is 4.64. The van der Waals surface area contributed by atoms with Gasteiger partial charge in [-0.15, -0.1) is 0 Å². The van der Waals surface area contributed by atoms with Crippen molar-refractivity contribution in [3.05, 3.63) is 47.0 Å². The zero-order valence-electron chi connectivity index (χ0n) is 19.4. The number of anilines is 2. The number of amides is 2. The lowest BCUT2D eigenvalue weighted by atomic mass is 9.97. The van der Waals surface area contributed by atoms with Gasteiger partial charge in [0.2, 0.25) is 21.8 Å². The molecule has 8 nitrogen and oxygen atoms in total. The van der Waals surface area contributed by atoms with E-state index in [1.54, 1.807) is 41.3 Å². The molecule has 182 valence electrons. The molecule has 0 spiro atoms. The first-order chi connectivity index (χ1) is 16.1. The fourth-order valence-corrected chi connectivity index (χ4v) is 6.46. The highest BCUT2D eigenvalue weighted by Gasteiger charge is 2.34. The topological polar surface area (TPSA) is 96.0 Å². The number of rotatable bonds is 5. The molecule has 2 heterocycles. The van der Waals surface area contributed by atoms with Crippen LogP contribution in [-0.4, -0.2) is 50.8 Å². The predicted molar refractivity (Wildman–Crippen MR) is 131 cm³/mol. The monoisotopic (exact) mass is 505 g/mol. The Bertz CT molecular complexity index is 1230. The van der Waals surface area contributed by atoms with Gasteiger partial charge in [-0.25, -0.2) is 8.42 Å². The maximum absolute atomic E-state index is 13.3. The first-order valence-electron chi connectivity index (χ1n) is 11.2. The van der Waals surface area contributed by atoms with Crippen molar-refractivity contribution < 1.29 is 22.7 Å². The number of methoxy groups -OCH3 is 1. The minimum Gasteiger partial charge on any atom is -0.495 e. The molecule has 10 heteroatoms. The number of nitrogens with one attached hydrogen (secondary N) is 1. The minimum atomic E-state index is -3.70. The smallest absolute Gasteiger partial charge is 0.243 e. The van der Waals surface area contributed by atoms with Crippen molar-refractivity contribution >= 4 is 44.8 Å². The van der Waals surface area contributed by atoms with Gasteiger partial charge >= 0.3 is 0 Å². The number of benzene rings is 2. The normalized spacial score (nSPS) is 19.1. The molecule has 2 aromatic carbocycles. The van der Waals surface area contributed by atoms with E-state index in [0.717, 1.165) is 11.3 Å². The second-order valence-electron chi connectivity index (χ2n) is 8.74. The number of carbonyl (C=O) groups excluding carboxylic acids is 2. The van der Waals surface area contributed by atoms with Gasteiger partial charge in [0.05, 0.1) is 17.7 Å². The van der Waals surface area contributed by atoms with E-state index >= 15 is 0 Å². The van der Waals surface area contributed by atoms with Crippen LogP contribution in [0.2, 0.25) is 5.02 Å². The van der Waals surface area contributed by atoms with E-state index in [0.29, 0.717) is 35.7 Å². The number of sulfonamides is 1. The summed E-state index contributed by atoms with van der Waals surface area (Å²) in [5.74, 6) is -0.0572. The van der Waals surface area contributed by atoms with Crippen molar-refractivity contribution in [2.24, 2.45) is 5.92 Å². The van der Waals surface area contributed by atoms with Gasteiger partial charge in [-0.1, -0.05) is 11.6 Å². The molecule has 0 aliphatic carbocycles. The number of fused-ring (bicyclic) bond motifs is 1. The Labute approximate surface area is 204 Å². The van der Waals surface area contributed by atoms with Gasteiger partial charge in [-0.3, -0.25) is 9.59 Å². The average molecular weight is 506 g/mol. The van der Waals surface area contributed by atoms with Crippen molar-refractivity contribution in [2.75, 3.05) is 30.4 Å². The standard InChI is InChI=1S/C24H28ClN3O5S/c1-15-12-18-13-20(5-6-22(18)28(15)16(2)29)34(31,32)27-10-8-17(9-11-27)24(30)26-21-14-19(25)4-7-23(21)33-3/h4-7,13-15,17H,8-12H2,1-3H3,(H,26,30)/t15-/m0/s1. The van der Waals surface area contributed by atoms with Gasteiger partial charge in [-0.05, 0) is 68.1 Å². The Balaban J connectivity index is 1.43. The van der Waals surface area contributed by atoms with Gasteiger partial charge in [0, 0.05) is 42.7 Å². The average Bonchev–Trinajstić information content (AvgIpc) is 3.14. The third-order valence-corrected chi connectivity index (χ3v) is 8.62. The molecule has 0 bridgehead atoms. The second kappa shape index (κ2) is 9.56. The summed E-state index contributed by atoms with van der Waals surface area (Å²) >= 11 is 6.04. The molecular weight excluding hydrogens is 478 g/mol. The number of nitrogens with zero attached hydrogens (tertiary/aromatic N) is 2. The Kier molecular flexibility index (Phi) is 6.89. The van der Waals surface area contributed by atoms with E-state index in [1.807, 2.05) is 6.92 Å². The molecule has 4 rings (SSSR count). The van der Waals surface area contributed by atoms with E-state index in [9.17, 15) is 18.0 Å². The van der Waals surface area contributed by atoms with Crippen molar-refractivity contribution in [2.45, 2.75) is 44.0 Å². The van der Waals surface area contributed by atoms with Crippen LogP contribution in [0, 0.1) is 5.92 Å². The minimum absolute atomic E-state index is 0.00201. The molecule has 34 heavy (non-hydrogen) atoms. The molecule has 1 N–H and O–H groups in total. The van der Waals surface area contributed by atoms with E-state index in [4.69, 9.17) is 16.3 Å². The highest BCUT2D eigenvalue weighted by Crippen LogP contribution is 2.35. The zero-order chi connectivity index (χ0) is 24.6. The molecule has 1 fully saturated rings. The second-order valence-corrected chi connectivity index (χ2v) is 11.1. The lowest BCUT2D eigenvalue weighted by Gasteiger charge is -2.30. The summed E-state index contributed by atoms with van der Waals surface area (Å²) < 4.78 is 33.3. The Hall–Kier alpha value is -2.62. The van der Waals surface area contributed by atoms with Gasteiger partial charge in [-0.2, -0.15) is 4.31 Å². The predicted octanol–water partition coefficient (Wildman–Crippen LogP) is 3.69. The SMILES string of the molecule is COc1ccc(Cl)cc1NC(=O)C1CCN(S(=O)(=O)c2ccc3c(c2)C[C@H](C)N3C(C)=O)CC1. The maximum atomic E-state index is 13.3. The van der Waals surface area contributed by atoms with E-state index in [1.165, 1.54) is 18.3 Å². The summed E-state index contributed by atoms with van der Waals surface area (Å²) in [6, 6.07) is 9.93. The lowest BCUT2D eigenvalue weighted by Crippen LogP contribution is -2.41. The lowest BCUT2D eigenvalue weighted by molar-refractivity contribution is -0.121. The van der Waals surface area contributed by atoms with Crippen molar-refractivity contribution in [1.82, 2.24) is 4.31 Å². The fraction of sp³-hybridized carbons (Fsp3) is 0.417. The molecule has 1 saturated heterocycles. The molecule has 0 radical (unpaired) electrons. The van der Waals surface area contributed by atoms with Gasteiger partial charge in [0.1, 0.15) is 5.75 Å². The van der Waals surface area contributed by atoms with Gasteiger partial charge < -0.3 is 15.0 Å². The number of halogens is 1. The zero-order valence-corrected chi connectivity index (χ0v) is 20.9. The van der Waals surface area contributed by atoms with Crippen LogP contribution in [0.1, 0.15) is 32.3 Å². The van der Waals surface area contributed by atoms with Crippen LogP contribution in [0.4, 0.5) is 11.4 Å². The molecule has 2 aliphatic rings. The maximum Gasteiger partial charge on any atom is 0.243 e. The van der Waals surface area contributed by atoms with E-state index < -0.39 is 10.0 Å². The Morgan fingerprint density at radius 2 is 1.82 bits per heavy atom. The van der Waals surface area contributed by atoms with Crippen molar-refractivity contribution in [3.63, 3.8) is 0 Å². The molecule has 2 aliphatic heterocycles. The summed E-state index contributed by atoms with van der Waals surface area (Å²) in [5, 5.41) is 3.33. The first kappa shape index (κ1) is 24.5. The summed E-state index contributed by atoms with van der Waals surface area (Å²) in [7, 11) is -2.19. The first-order valence-corrected chi connectivity index (χ1v) is 13.0. The largest absolute Gasteiger partial charge is 0.495 e. The van der Waals surface area contributed by atoms with Gasteiger partial charge in [0.25, 0.3) is 0 Å². The van der Waals surface area contributed by atoms with Crippen LogP contribution in [0.25, 0.3) is 0 Å². The summed E-state index contributed by atoms with van der Waals surface area (Å²) in [6.45, 7) is 3.96. The molecule has 1 atom stereocenters. The summed E-state index contributed by atoms with van der Waals surface area (Å²) in [5.41, 5.74) is 2.11. The molecule has 0 saturated carbocycles. The highest BCUT2D eigenvalue weighted by molar-refractivity contribution is 7.89. The van der Waals surface area contributed by atoms with E-state index in [2.05, 4.69) is 5.32 Å². The van der Waals surface area contributed by atoms with Crippen LogP contribution >= 0.6 is 11.6 Å². The fourth-order valence-electron chi connectivity index (χ4n) is 4.77.